The van der Waals surface area contributed by atoms with E-state index in [0.29, 0.717) is 28.0 Å². The van der Waals surface area contributed by atoms with Crippen molar-refractivity contribution in [3.05, 3.63) is 75.0 Å². The molecule has 0 unspecified atom stereocenters. The first-order chi connectivity index (χ1) is 13.3. The molecule has 0 N–H and O–H groups in total. The van der Waals surface area contributed by atoms with Gasteiger partial charge in [-0.1, -0.05) is 55.5 Å². The highest BCUT2D eigenvalue weighted by Crippen LogP contribution is 2.25. The molecule has 0 bridgehead atoms. The van der Waals surface area contributed by atoms with E-state index in [2.05, 4.69) is 6.92 Å². The Morgan fingerprint density at radius 3 is 2.36 bits per heavy atom. The van der Waals surface area contributed by atoms with Crippen LogP contribution in [0.1, 0.15) is 43.9 Å². The molecule has 3 aromatic rings. The summed E-state index contributed by atoms with van der Waals surface area (Å²) in [6.07, 6.45) is 4.49. The summed E-state index contributed by atoms with van der Waals surface area (Å²) in [5.41, 5.74) is 1.61. The summed E-state index contributed by atoms with van der Waals surface area (Å²) in [6.45, 7) is 4.03. The smallest absolute Gasteiger partial charge is 0.268 e. The van der Waals surface area contributed by atoms with Crippen LogP contribution in [0.4, 0.5) is 0 Å². The lowest BCUT2D eigenvalue weighted by Crippen LogP contribution is -2.22. The molecule has 28 heavy (non-hydrogen) atoms. The topological polar surface area (TPSA) is 56.1 Å². The molecular formula is C22H24ClNO3S. The maximum Gasteiger partial charge on any atom is 0.268 e. The number of hydrogen-bond donors (Lipinski definition) is 0. The van der Waals surface area contributed by atoms with E-state index < -0.39 is 10.0 Å². The van der Waals surface area contributed by atoms with Gasteiger partial charge in [-0.05, 0) is 50.1 Å². The van der Waals surface area contributed by atoms with Crippen LogP contribution in [0, 0.1) is 6.92 Å². The Labute approximate surface area is 170 Å². The molecule has 0 radical (unpaired) electrons. The summed E-state index contributed by atoms with van der Waals surface area (Å²) in [4.78, 5) is 12.8. The molecule has 148 valence electrons. The Hall–Kier alpha value is -2.11. The second-order valence-electron chi connectivity index (χ2n) is 7.05. The Morgan fingerprint density at radius 1 is 0.964 bits per heavy atom. The first-order valence-electron chi connectivity index (χ1n) is 9.51. The SMILES string of the molecule is CCCCCCc1cc(=O)c2ccc(Cl)cc2n1S(=O)(=O)c1ccc(C)cc1. The molecule has 0 fully saturated rings. The van der Waals surface area contributed by atoms with Crippen LogP contribution in [-0.2, 0) is 16.4 Å². The third-order valence-electron chi connectivity index (χ3n) is 4.85. The molecule has 0 spiro atoms. The van der Waals surface area contributed by atoms with E-state index in [0.717, 1.165) is 31.2 Å². The largest absolute Gasteiger partial charge is 0.289 e. The van der Waals surface area contributed by atoms with Crippen molar-refractivity contribution in [3.8, 4) is 0 Å². The number of hydrogen-bond acceptors (Lipinski definition) is 3. The molecule has 0 saturated heterocycles. The number of fused-ring (bicyclic) bond motifs is 1. The summed E-state index contributed by atoms with van der Waals surface area (Å²) in [5, 5.41) is 0.736. The van der Waals surface area contributed by atoms with Crippen molar-refractivity contribution < 1.29 is 8.42 Å². The fourth-order valence-electron chi connectivity index (χ4n) is 3.33. The molecule has 0 aliphatic rings. The third kappa shape index (κ3) is 4.15. The lowest BCUT2D eigenvalue weighted by molar-refractivity contribution is 0.584. The van der Waals surface area contributed by atoms with Crippen LogP contribution in [0.3, 0.4) is 0 Å². The Kier molecular flexibility index (Phi) is 6.26. The Morgan fingerprint density at radius 2 is 1.68 bits per heavy atom. The van der Waals surface area contributed by atoms with Crippen LogP contribution in [-0.4, -0.2) is 12.4 Å². The van der Waals surface area contributed by atoms with Gasteiger partial charge >= 0.3 is 0 Å². The molecule has 3 rings (SSSR count). The first kappa shape index (κ1) is 20.6. The van der Waals surface area contributed by atoms with Gasteiger partial charge in [-0.15, -0.1) is 0 Å². The van der Waals surface area contributed by atoms with Gasteiger partial charge in [0.25, 0.3) is 10.0 Å². The molecule has 4 nitrogen and oxygen atoms in total. The summed E-state index contributed by atoms with van der Waals surface area (Å²) in [6, 6.07) is 12.9. The monoisotopic (exact) mass is 417 g/mol. The van der Waals surface area contributed by atoms with Gasteiger partial charge in [-0.2, -0.15) is 0 Å². The van der Waals surface area contributed by atoms with Gasteiger partial charge in [0, 0.05) is 22.2 Å². The maximum absolute atomic E-state index is 13.5. The molecule has 1 heterocycles. The van der Waals surface area contributed by atoms with E-state index in [-0.39, 0.29) is 10.3 Å². The minimum Gasteiger partial charge on any atom is -0.289 e. The standard InChI is InChI=1S/C22H24ClNO3S/c1-3-4-5-6-7-18-15-22(25)20-13-10-17(23)14-21(20)24(18)28(26,27)19-11-8-16(2)9-12-19/h8-15H,3-7H2,1-2H3. The first-order valence-corrected chi connectivity index (χ1v) is 11.3. The van der Waals surface area contributed by atoms with Gasteiger partial charge in [0.2, 0.25) is 0 Å². The van der Waals surface area contributed by atoms with Crippen molar-refractivity contribution in [2.24, 2.45) is 0 Å². The average Bonchev–Trinajstić information content (AvgIpc) is 2.65. The second kappa shape index (κ2) is 8.50. The predicted molar refractivity (Wildman–Crippen MR) is 115 cm³/mol. The van der Waals surface area contributed by atoms with Crippen LogP contribution in [0.25, 0.3) is 10.9 Å². The quantitative estimate of drug-likeness (QED) is 0.488. The third-order valence-corrected chi connectivity index (χ3v) is 6.86. The average molecular weight is 418 g/mol. The van der Waals surface area contributed by atoms with E-state index >= 15 is 0 Å². The zero-order valence-electron chi connectivity index (χ0n) is 16.1. The van der Waals surface area contributed by atoms with E-state index in [1.807, 2.05) is 6.92 Å². The lowest BCUT2D eigenvalue weighted by Gasteiger charge is -2.18. The van der Waals surface area contributed by atoms with Crippen molar-refractivity contribution in [3.63, 3.8) is 0 Å². The number of aryl methyl sites for hydroxylation is 2. The lowest BCUT2D eigenvalue weighted by atomic mass is 10.1. The number of nitrogens with zero attached hydrogens (tertiary/aromatic N) is 1. The van der Waals surface area contributed by atoms with Crippen LogP contribution in [0.5, 0.6) is 0 Å². The fraction of sp³-hybridized carbons (Fsp3) is 0.318. The van der Waals surface area contributed by atoms with E-state index in [9.17, 15) is 13.2 Å². The van der Waals surface area contributed by atoms with Crippen molar-refractivity contribution in [1.29, 1.82) is 0 Å². The number of benzene rings is 2. The predicted octanol–water partition coefficient (Wildman–Crippen LogP) is 5.32. The van der Waals surface area contributed by atoms with Gasteiger partial charge in [0.05, 0.1) is 10.4 Å². The molecule has 6 heteroatoms. The maximum atomic E-state index is 13.5. The number of aromatic nitrogens is 1. The van der Waals surface area contributed by atoms with Gasteiger partial charge in [0.15, 0.2) is 5.43 Å². The zero-order chi connectivity index (χ0) is 20.3. The number of rotatable bonds is 7. The van der Waals surface area contributed by atoms with Crippen LogP contribution in [0.15, 0.2) is 58.2 Å². The van der Waals surface area contributed by atoms with Gasteiger partial charge in [-0.25, -0.2) is 12.4 Å². The molecule has 0 aliphatic carbocycles. The highest BCUT2D eigenvalue weighted by Gasteiger charge is 2.22. The molecule has 0 saturated carbocycles. The zero-order valence-corrected chi connectivity index (χ0v) is 17.7. The molecular weight excluding hydrogens is 394 g/mol. The minimum atomic E-state index is -3.87. The van der Waals surface area contributed by atoms with Crippen molar-refractivity contribution in [2.45, 2.75) is 50.8 Å². The van der Waals surface area contributed by atoms with E-state index in [1.54, 1.807) is 42.5 Å². The fourth-order valence-corrected chi connectivity index (χ4v) is 5.05. The van der Waals surface area contributed by atoms with Crippen LogP contribution in [0.2, 0.25) is 5.02 Å². The normalized spacial score (nSPS) is 11.8. The highest BCUT2D eigenvalue weighted by atomic mass is 35.5. The van der Waals surface area contributed by atoms with Gasteiger partial charge in [0.1, 0.15) is 0 Å². The Bertz CT molecular complexity index is 1150. The van der Waals surface area contributed by atoms with Crippen molar-refractivity contribution in [2.75, 3.05) is 0 Å². The summed E-state index contributed by atoms with van der Waals surface area (Å²) >= 11 is 6.15. The summed E-state index contributed by atoms with van der Waals surface area (Å²) in [7, 11) is -3.87. The minimum absolute atomic E-state index is 0.187. The highest BCUT2D eigenvalue weighted by molar-refractivity contribution is 7.90. The molecule has 0 atom stereocenters. The molecule has 0 aliphatic heterocycles. The van der Waals surface area contributed by atoms with E-state index in [4.69, 9.17) is 11.6 Å². The van der Waals surface area contributed by atoms with E-state index in [1.165, 1.54) is 10.0 Å². The van der Waals surface area contributed by atoms with Crippen LogP contribution >= 0.6 is 11.6 Å². The number of unbranched alkanes of at least 4 members (excludes halogenated alkanes) is 3. The number of halogens is 1. The number of pyridine rings is 1. The summed E-state index contributed by atoms with van der Waals surface area (Å²) in [5.74, 6) is 0. The Balaban J connectivity index is 2.24. The second-order valence-corrected chi connectivity index (χ2v) is 9.28. The van der Waals surface area contributed by atoms with Gasteiger partial charge < -0.3 is 0 Å². The van der Waals surface area contributed by atoms with Crippen LogP contribution < -0.4 is 5.43 Å². The van der Waals surface area contributed by atoms with Crippen molar-refractivity contribution in [1.82, 2.24) is 3.97 Å². The van der Waals surface area contributed by atoms with Crippen molar-refractivity contribution >= 4 is 32.5 Å². The molecule has 2 aromatic carbocycles. The molecule has 1 aromatic heterocycles. The van der Waals surface area contributed by atoms with Gasteiger partial charge in [-0.3, -0.25) is 4.79 Å². The molecule has 0 amide bonds. The summed E-state index contributed by atoms with van der Waals surface area (Å²) < 4.78 is 28.3.